The van der Waals surface area contributed by atoms with Crippen LogP contribution in [0.3, 0.4) is 0 Å². The third-order valence-corrected chi connectivity index (χ3v) is 8.07. The quantitative estimate of drug-likeness (QED) is 0.167. The standard InChI is InChI=1S/C39H23N3/c1-40-32-17-14-25(15-18-32)34-22-28-7-2-3-8-29(28)23-35(34)31-21-30-9-4-5-11-33(30)36(24-31)37-19-16-27-13-12-26-10-6-20-41-38(26)39(27)42-37/h2-24H. The highest BCUT2D eigenvalue weighted by Crippen LogP contribution is 2.40. The molecule has 6 aromatic carbocycles. The van der Waals surface area contributed by atoms with E-state index in [1.54, 1.807) is 0 Å². The molecule has 0 fully saturated rings. The van der Waals surface area contributed by atoms with Crippen LogP contribution in [0.25, 0.3) is 81.7 Å². The Hall–Kier alpha value is -5.85. The molecule has 3 nitrogen and oxygen atoms in total. The summed E-state index contributed by atoms with van der Waals surface area (Å²) in [6.45, 7) is 7.40. The number of hydrogen-bond acceptors (Lipinski definition) is 2. The molecule has 0 atom stereocenters. The normalized spacial score (nSPS) is 11.3. The molecule has 8 rings (SSSR count). The van der Waals surface area contributed by atoms with Gasteiger partial charge in [-0.3, -0.25) is 4.98 Å². The summed E-state index contributed by atoms with van der Waals surface area (Å²) in [5.41, 5.74) is 8.94. The molecule has 0 spiro atoms. The Morgan fingerprint density at radius 3 is 1.88 bits per heavy atom. The fourth-order valence-electron chi connectivity index (χ4n) is 5.99. The van der Waals surface area contributed by atoms with Crippen LogP contribution in [0.4, 0.5) is 5.69 Å². The molecule has 42 heavy (non-hydrogen) atoms. The van der Waals surface area contributed by atoms with E-state index in [0.29, 0.717) is 5.69 Å². The van der Waals surface area contributed by atoms with Crippen molar-refractivity contribution in [3.8, 4) is 33.5 Å². The molecule has 0 bridgehead atoms. The van der Waals surface area contributed by atoms with Crippen LogP contribution in [-0.4, -0.2) is 9.97 Å². The van der Waals surface area contributed by atoms with Gasteiger partial charge in [-0.15, -0.1) is 0 Å². The van der Waals surface area contributed by atoms with E-state index >= 15 is 0 Å². The molecule has 194 valence electrons. The number of nitrogens with zero attached hydrogens (tertiary/aromatic N) is 3. The minimum atomic E-state index is 0.637. The molecule has 2 aromatic heterocycles. The molecule has 0 amide bonds. The molecule has 0 radical (unpaired) electrons. The lowest BCUT2D eigenvalue weighted by molar-refractivity contribution is 1.37. The predicted molar refractivity (Wildman–Crippen MR) is 175 cm³/mol. The lowest BCUT2D eigenvalue weighted by Crippen LogP contribution is -1.92. The lowest BCUT2D eigenvalue weighted by Gasteiger charge is -2.16. The Labute approximate surface area is 243 Å². The van der Waals surface area contributed by atoms with Crippen molar-refractivity contribution < 1.29 is 0 Å². The van der Waals surface area contributed by atoms with Gasteiger partial charge in [-0.25, -0.2) is 9.83 Å². The molecule has 0 saturated carbocycles. The summed E-state index contributed by atoms with van der Waals surface area (Å²) >= 11 is 0. The largest absolute Gasteiger partial charge is 0.254 e. The van der Waals surface area contributed by atoms with Gasteiger partial charge in [0.25, 0.3) is 0 Å². The van der Waals surface area contributed by atoms with Crippen molar-refractivity contribution in [1.82, 2.24) is 9.97 Å². The van der Waals surface area contributed by atoms with Gasteiger partial charge in [0.2, 0.25) is 0 Å². The third-order valence-electron chi connectivity index (χ3n) is 8.07. The monoisotopic (exact) mass is 533 g/mol. The molecule has 3 heteroatoms. The van der Waals surface area contributed by atoms with E-state index in [1.807, 2.05) is 36.5 Å². The zero-order chi connectivity index (χ0) is 28.0. The van der Waals surface area contributed by atoms with E-state index in [-0.39, 0.29) is 0 Å². The fourth-order valence-corrected chi connectivity index (χ4v) is 5.99. The van der Waals surface area contributed by atoms with Gasteiger partial charge in [0.15, 0.2) is 5.69 Å². The molecule has 8 aromatic rings. The van der Waals surface area contributed by atoms with Crippen molar-refractivity contribution in [3.05, 3.63) is 151 Å². The van der Waals surface area contributed by atoms with Crippen LogP contribution >= 0.6 is 0 Å². The van der Waals surface area contributed by atoms with Gasteiger partial charge in [0.05, 0.1) is 23.3 Å². The maximum absolute atomic E-state index is 7.40. The second-order valence-electron chi connectivity index (χ2n) is 10.6. The van der Waals surface area contributed by atoms with Crippen LogP contribution in [0.1, 0.15) is 0 Å². The van der Waals surface area contributed by atoms with Gasteiger partial charge >= 0.3 is 0 Å². The molecule has 0 unspecified atom stereocenters. The molecule has 0 aliphatic heterocycles. The van der Waals surface area contributed by atoms with Crippen LogP contribution < -0.4 is 0 Å². The van der Waals surface area contributed by atoms with Crippen LogP contribution in [0.2, 0.25) is 0 Å². The highest BCUT2D eigenvalue weighted by atomic mass is 14.8. The van der Waals surface area contributed by atoms with E-state index in [1.165, 1.54) is 10.8 Å². The first-order chi connectivity index (χ1) is 20.7. The van der Waals surface area contributed by atoms with E-state index in [9.17, 15) is 0 Å². The van der Waals surface area contributed by atoms with Crippen molar-refractivity contribution in [2.45, 2.75) is 0 Å². The summed E-state index contributed by atoms with van der Waals surface area (Å²) in [7, 11) is 0. The average molecular weight is 534 g/mol. The van der Waals surface area contributed by atoms with Gasteiger partial charge in [-0.05, 0) is 80.2 Å². The molecule has 0 aliphatic rings. The zero-order valence-electron chi connectivity index (χ0n) is 22.6. The van der Waals surface area contributed by atoms with Gasteiger partial charge in [-0.2, -0.15) is 0 Å². The number of benzene rings is 6. The number of hydrogen-bond donors (Lipinski definition) is 0. The van der Waals surface area contributed by atoms with E-state index in [4.69, 9.17) is 11.6 Å². The van der Waals surface area contributed by atoms with Gasteiger partial charge in [0, 0.05) is 22.5 Å². The SMILES string of the molecule is [C-]#[N+]c1ccc(-c2cc3ccccc3cc2-c2cc(-c3ccc4ccc5cccnc5c4n3)c3ccccc3c2)cc1. The van der Waals surface area contributed by atoms with Crippen LogP contribution in [-0.2, 0) is 0 Å². The van der Waals surface area contributed by atoms with Crippen molar-refractivity contribution in [2.24, 2.45) is 0 Å². The Kier molecular flexibility index (Phi) is 5.52. The highest BCUT2D eigenvalue weighted by Gasteiger charge is 2.15. The summed E-state index contributed by atoms with van der Waals surface area (Å²) in [4.78, 5) is 13.5. The molecule has 0 aliphatic carbocycles. The topological polar surface area (TPSA) is 30.1 Å². The summed E-state index contributed by atoms with van der Waals surface area (Å²) in [5.74, 6) is 0. The molecule has 0 saturated heterocycles. The number of rotatable bonds is 3. The highest BCUT2D eigenvalue weighted by molar-refractivity contribution is 6.06. The van der Waals surface area contributed by atoms with E-state index in [0.717, 1.165) is 66.1 Å². The van der Waals surface area contributed by atoms with Crippen LogP contribution in [0.5, 0.6) is 0 Å². The maximum Gasteiger partial charge on any atom is 0.187 e. The van der Waals surface area contributed by atoms with Gasteiger partial charge in [0.1, 0.15) is 0 Å². The number of aromatic nitrogens is 2. The fraction of sp³-hybridized carbons (Fsp3) is 0. The Morgan fingerprint density at radius 2 is 1.12 bits per heavy atom. The van der Waals surface area contributed by atoms with Crippen molar-refractivity contribution in [3.63, 3.8) is 0 Å². The Balaban J connectivity index is 1.41. The molecular formula is C39H23N3. The second-order valence-corrected chi connectivity index (χ2v) is 10.6. The van der Waals surface area contributed by atoms with Crippen molar-refractivity contribution in [2.75, 3.05) is 0 Å². The van der Waals surface area contributed by atoms with Crippen molar-refractivity contribution in [1.29, 1.82) is 0 Å². The minimum Gasteiger partial charge on any atom is -0.254 e. The summed E-state index contributed by atoms with van der Waals surface area (Å²) < 4.78 is 0. The number of fused-ring (bicyclic) bond motifs is 5. The van der Waals surface area contributed by atoms with Gasteiger partial charge < -0.3 is 0 Å². The molecular weight excluding hydrogens is 510 g/mol. The minimum absolute atomic E-state index is 0.637. The smallest absolute Gasteiger partial charge is 0.187 e. The summed E-state index contributed by atoms with van der Waals surface area (Å²) in [5, 5.41) is 6.84. The second kappa shape index (κ2) is 9.66. The number of pyridine rings is 2. The van der Waals surface area contributed by atoms with Crippen molar-refractivity contribution >= 4 is 49.0 Å². The first-order valence-electron chi connectivity index (χ1n) is 13.9. The maximum atomic E-state index is 7.40. The average Bonchev–Trinajstić information content (AvgIpc) is 3.07. The van der Waals surface area contributed by atoms with Crippen LogP contribution in [0.15, 0.2) is 140 Å². The van der Waals surface area contributed by atoms with E-state index < -0.39 is 0 Å². The predicted octanol–water partition coefficient (Wildman–Crippen LogP) is 10.6. The first-order valence-corrected chi connectivity index (χ1v) is 13.9. The van der Waals surface area contributed by atoms with Gasteiger partial charge in [-0.1, -0.05) is 97.1 Å². The Bertz CT molecular complexity index is 2360. The molecule has 0 N–H and O–H groups in total. The Morgan fingerprint density at radius 1 is 0.476 bits per heavy atom. The van der Waals surface area contributed by atoms with Crippen LogP contribution in [0, 0.1) is 6.57 Å². The van der Waals surface area contributed by atoms with E-state index in [2.05, 4.69) is 113 Å². The third kappa shape index (κ3) is 3.98. The summed E-state index contributed by atoms with van der Waals surface area (Å²) in [6, 6.07) is 46.5. The lowest BCUT2D eigenvalue weighted by atomic mass is 9.88. The zero-order valence-corrected chi connectivity index (χ0v) is 22.6. The summed E-state index contributed by atoms with van der Waals surface area (Å²) in [6.07, 6.45) is 1.83. The molecule has 2 heterocycles. The first kappa shape index (κ1) is 24.0.